The molecule has 0 saturated carbocycles. The molecule has 0 aliphatic heterocycles. The summed E-state index contributed by atoms with van der Waals surface area (Å²) >= 11 is 0. The molecule has 10 heteroatoms. The Kier molecular flexibility index (Phi) is 11.2. The summed E-state index contributed by atoms with van der Waals surface area (Å²) in [4.78, 5) is 28.6. The van der Waals surface area contributed by atoms with Gasteiger partial charge in [-0.2, -0.15) is 0 Å². The lowest BCUT2D eigenvalue weighted by atomic mass is 10.1. The highest BCUT2D eigenvalue weighted by molar-refractivity contribution is 7.92. The highest BCUT2D eigenvalue weighted by Crippen LogP contribution is 2.27. The molecule has 0 saturated heterocycles. The number of sulfonamides is 1. The second-order valence-electron chi connectivity index (χ2n) is 9.62. The van der Waals surface area contributed by atoms with Gasteiger partial charge in [0, 0.05) is 12.6 Å². The number of carbonyl (C=O) groups excluding carboxylic acids is 2. The Bertz CT molecular complexity index is 1380. The molecule has 2 atom stereocenters. The first-order valence-electron chi connectivity index (χ1n) is 13.6. The number of amides is 2. The Morgan fingerprint density at radius 1 is 0.878 bits per heavy atom. The number of ether oxygens (including phenoxy) is 2. The van der Waals surface area contributed by atoms with Crippen molar-refractivity contribution < 1.29 is 27.5 Å². The number of rotatable bonds is 14. The van der Waals surface area contributed by atoms with Gasteiger partial charge in [-0.25, -0.2) is 8.42 Å². The third-order valence-corrected chi connectivity index (χ3v) is 8.51. The third kappa shape index (κ3) is 8.23. The van der Waals surface area contributed by atoms with E-state index in [1.165, 1.54) is 17.0 Å². The van der Waals surface area contributed by atoms with Gasteiger partial charge in [-0.05, 0) is 81.3 Å². The zero-order chi connectivity index (χ0) is 30.0. The molecule has 220 valence electrons. The lowest BCUT2D eigenvalue weighted by molar-refractivity contribution is -0.139. The maximum Gasteiger partial charge on any atom is 0.264 e. The molecule has 3 aromatic carbocycles. The third-order valence-electron chi connectivity index (χ3n) is 6.73. The van der Waals surface area contributed by atoms with Gasteiger partial charge in [-0.15, -0.1) is 0 Å². The van der Waals surface area contributed by atoms with Gasteiger partial charge in [-0.3, -0.25) is 13.9 Å². The summed E-state index contributed by atoms with van der Waals surface area (Å²) in [5.74, 6) is 0.390. The van der Waals surface area contributed by atoms with Gasteiger partial charge in [-0.1, -0.05) is 37.3 Å². The van der Waals surface area contributed by atoms with Gasteiger partial charge < -0.3 is 19.7 Å². The highest BCUT2D eigenvalue weighted by atomic mass is 32.2. The molecule has 0 aliphatic carbocycles. The van der Waals surface area contributed by atoms with E-state index in [-0.39, 0.29) is 23.4 Å². The molecule has 0 heterocycles. The monoisotopic (exact) mass is 581 g/mol. The molecule has 41 heavy (non-hydrogen) atoms. The standard InChI is InChI=1S/C31H39N3O6S/c1-6-23(3)32-31(36)24(4)33(21-25-13-17-27(39-5)18-14-25)30(35)22-34(26-15-19-28(20-16-26)40-7-2)41(37,38)29-11-9-8-10-12-29/h8-20,23-24H,6-7,21-22H2,1-5H3,(H,32,36)/t23-,24-/m1/s1. The number of nitrogens with one attached hydrogen (secondary N) is 1. The minimum Gasteiger partial charge on any atom is -0.497 e. The molecular formula is C31H39N3O6S. The van der Waals surface area contributed by atoms with Crippen LogP contribution in [0.3, 0.4) is 0 Å². The Hall–Kier alpha value is -4.05. The molecule has 0 unspecified atom stereocenters. The summed E-state index contributed by atoms with van der Waals surface area (Å²) in [7, 11) is -2.57. The van der Waals surface area contributed by atoms with E-state index in [1.54, 1.807) is 68.6 Å². The van der Waals surface area contributed by atoms with E-state index in [0.29, 0.717) is 23.8 Å². The van der Waals surface area contributed by atoms with E-state index < -0.39 is 28.5 Å². The van der Waals surface area contributed by atoms with Crippen LogP contribution >= 0.6 is 0 Å². The maximum atomic E-state index is 14.0. The number of carbonyl (C=O) groups is 2. The van der Waals surface area contributed by atoms with Crippen molar-refractivity contribution in [1.29, 1.82) is 0 Å². The largest absolute Gasteiger partial charge is 0.497 e. The Balaban J connectivity index is 2.01. The second-order valence-corrected chi connectivity index (χ2v) is 11.5. The van der Waals surface area contributed by atoms with E-state index in [1.807, 2.05) is 32.9 Å². The quantitative estimate of drug-likeness (QED) is 0.298. The van der Waals surface area contributed by atoms with Crippen LogP contribution in [-0.4, -0.2) is 57.5 Å². The van der Waals surface area contributed by atoms with E-state index in [0.717, 1.165) is 16.3 Å². The van der Waals surface area contributed by atoms with Crippen LogP contribution in [0.5, 0.6) is 11.5 Å². The van der Waals surface area contributed by atoms with Crippen molar-refractivity contribution in [2.75, 3.05) is 24.6 Å². The summed E-state index contributed by atoms with van der Waals surface area (Å²) in [6, 6.07) is 20.7. The molecule has 0 fully saturated rings. The van der Waals surface area contributed by atoms with Gasteiger partial charge >= 0.3 is 0 Å². The first-order valence-corrected chi connectivity index (χ1v) is 15.1. The highest BCUT2D eigenvalue weighted by Gasteiger charge is 2.32. The maximum absolute atomic E-state index is 14.0. The molecule has 2 amide bonds. The topological polar surface area (TPSA) is 105 Å². The molecule has 0 bridgehead atoms. The fourth-order valence-corrected chi connectivity index (χ4v) is 5.53. The summed E-state index contributed by atoms with van der Waals surface area (Å²) < 4.78 is 39.5. The minimum absolute atomic E-state index is 0.0472. The zero-order valence-electron chi connectivity index (χ0n) is 24.2. The molecular weight excluding hydrogens is 542 g/mol. The molecule has 3 aromatic rings. The van der Waals surface area contributed by atoms with E-state index in [2.05, 4.69) is 5.32 Å². The van der Waals surface area contributed by atoms with Crippen molar-refractivity contribution in [2.45, 2.75) is 57.6 Å². The summed E-state index contributed by atoms with van der Waals surface area (Å²) in [5, 5.41) is 2.93. The first kappa shape index (κ1) is 31.5. The fourth-order valence-electron chi connectivity index (χ4n) is 4.10. The average Bonchev–Trinajstić information content (AvgIpc) is 2.99. The minimum atomic E-state index is -4.13. The molecule has 0 spiro atoms. The Labute approximate surface area is 243 Å². The number of hydrogen-bond donors (Lipinski definition) is 1. The second kappa shape index (κ2) is 14.5. The van der Waals surface area contributed by atoms with Crippen LogP contribution in [0.1, 0.15) is 39.7 Å². The van der Waals surface area contributed by atoms with Crippen molar-refractivity contribution in [3.8, 4) is 11.5 Å². The van der Waals surface area contributed by atoms with Crippen LogP contribution in [-0.2, 0) is 26.2 Å². The van der Waals surface area contributed by atoms with Crippen LogP contribution in [0, 0.1) is 0 Å². The first-order chi connectivity index (χ1) is 19.6. The van der Waals surface area contributed by atoms with E-state index in [9.17, 15) is 18.0 Å². The smallest absolute Gasteiger partial charge is 0.264 e. The number of hydrogen-bond acceptors (Lipinski definition) is 6. The Morgan fingerprint density at radius 2 is 1.49 bits per heavy atom. The van der Waals surface area contributed by atoms with Crippen molar-refractivity contribution in [3.05, 3.63) is 84.4 Å². The summed E-state index contributed by atoms with van der Waals surface area (Å²) in [6.07, 6.45) is 0.728. The van der Waals surface area contributed by atoms with E-state index >= 15 is 0 Å². The van der Waals surface area contributed by atoms with Gasteiger partial charge in [0.25, 0.3) is 10.0 Å². The number of nitrogens with zero attached hydrogens (tertiary/aromatic N) is 2. The lowest BCUT2D eigenvalue weighted by Crippen LogP contribution is -2.52. The van der Waals surface area contributed by atoms with Crippen molar-refractivity contribution in [3.63, 3.8) is 0 Å². The van der Waals surface area contributed by atoms with Crippen molar-refractivity contribution in [1.82, 2.24) is 10.2 Å². The SMILES string of the molecule is CCOc1ccc(N(CC(=O)N(Cc2ccc(OC)cc2)[C@H](C)C(=O)N[C@H](C)CC)S(=O)(=O)c2ccccc2)cc1. The number of anilines is 1. The molecule has 1 N–H and O–H groups in total. The van der Waals surface area contributed by atoms with Crippen LogP contribution in [0.25, 0.3) is 0 Å². The predicted molar refractivity (Wildman–Crippen MR) is 159 cm³/mol. The van der Waals surface area contributed by atoms with Gasteiger partial charge in [0.05, 0.1) is 24.3 Å². The number of benzene rings is 3. The average molecular weight is 582 g/mol. The number of methoxy groups -OCH3 is 1. The molecule has 0 radical (unpaired) electrons. The molecule has 9 nitrogen and oxygen atoms in total. The fraction of sp³-hybridized carbons (Fsp3) is 0.355. The molecule has 0 aromatic heterocycles. The van der Waals surface area contributed by atoms with Gasteiger partial charge in [0.1, 0.15) is 24.1 Å². The lowest BCUT2D eigenvalue weighted by Gasteiger charge is -2.32. The van der Waals surface area contributed by atoms with Gasteiger partial charge in [0.2, 0.25) is 11.8 Å². The van der Waals surface area contributed by atoms with Crippen molar-refractivity contribution >= 4 is 27.5 Å². The Morgan fingerprint density at radius 3 is 2.05 bits per heavy atom. The van der Waals surface area contributed by atoms with Crippen LogP contribution < -0.4 is 19.1 Å². The van der Waals surface area contributed by atoms with Gasteiger partial charge in [0.15, 0.2) is 0 Å². The van der Waals surface area contributed by atoms with Crippen LogP contribution in [0.2, 0.25) is 0 Å². The van der Waals surface area contributed by atoms with Crippen molar-refractivity contribution in [2.24, 2.45) is 0 Å². The normalized spacial score (nSPS) is 12.6. The van der Waals surface area contributed by atoms with Crippen LogP contribution in [0.4, 0.5) is 5.69 Å². The summed E-state index contributed by atoms with van der Waals surface area (Å²) in [6.45, 7) is 7.39. The predicted octanol–water partition coefficient (Wildman–Crippen LogP) is 4.62. The van der Waals surface area contributed by atoms with Crippen LogP contribution in [0.15, 0.2) is 83.8 Å². The molecule has 3 rings (SSSR count). The summed E-state index contributed by atoms with van der Waals surface area (Å²) in [5.41, 5.74) is 1.06. The molecule has 0 aliphatic rings. The zero-order valence-corrected chi connectivity index (χ0v) is 25.1. The van der Waals surface area contributed by atoms with E-state index in [4.69, 9.17) is 9.47 Å².